The summed E-state index contributed by atoms with van der Waals surface area (Å²) in [7, 11) is 0. The molecule has 0 spiro atoms. The number of halogens is 4. The minimum Gasteiger partial charge on any atom is -0.444 e. The van der Waals surface area contributed by atoms with Crippen molar-refractivity contribution in [3.63, 3.8) is 0 Å². The number of nitrogens with zero attached hydrogens (tertiary/aromatic N) is 1. The minimum atomic E-state index is -4.38. The summed E-state index contributed by atoms with van der Waals surface area (Å²) in [6, 6.07) is 4.05. The Hall–Kier alpha value is -1.24. The van der Waals surface area contributed by atoms with Gasteiger partial charge in [0.1, 0.15) is 5.60 Å². The summed E-state index contributed by atoms with van der Waals surface area (Å²) in [5.41, 5.74) is -0.885. The van der Waals surface area contributed by atoms with E-state index in [0.29, 0.717) is 36.0 Å². The van der Waals surface area contributed by atoms with Crippen molar-refractivity contribution in [1.82, 2.24) is 4.90 Å². The lowest BCUT2D eigenvalue weighted by molar-refractivity contribution is -0.138. The smallest absolute Gasteiger partial charge is 0.416 e. The van der Waals surface area contributed by atoms with Gasteiger partial charge in [-0.3, -0.25) is 0 Å². The van der Waals surface area contributed by atoms with Gasteiger partial charge in [-0.15, -0.1) is 0 Å². The van der Waals surface area contributed by atoms with Gasteiger partial charge in [0.15, 0.2) is 0 Å². The molecule has 0 radical (unpaired) electrons. The molecule has 2 rings (SSSR count). The van der Waals surface area contributed by atoms with Gasteiger partial charge in [0.2, 0.25) is 0 Å². The monoisotopic (exact) mass is 407 g/mol. The molecule has 0 N–H and O–H groups in total. The average molecular weight is 408 g/mol. The van der Waals surface area contributed by atoms with E-state index in [1.807, 2.05) is 0 Å². The summed E-state index contributed by atoms with van der Waals surface area (Å²) in [6.07, 6.45) is -3.82. The zero-order chi connectivity index (χ0) is 18.1. The largest absolute Gasteiger partial charge is 0.444 e. The van der Waals surface area contributed by atoms with E-state index >= 15 is 0 Å². The number of hydrogen-bond acceptors (Lipinski definition) is 2. The molecular formula is C17H21BrF3NO2. The van der Waals surface area contributed by atoms with Crippen LogP contribution in [0.2, 0.25) is 0 Å². The molecule has 1 aromatic rings. The first-order valence-electron chi connectivity index (χ1n) is 7.82. The van der Waals surface area contributed by atoms with Gasteiger partial charge >= 0.3 is 12.3 Å². The third-order valence-corrected chi connectivity index (χ3v) is 4.40. The van der Waals surface area contributed by atoms with Gasteiger partial charge in [0.25, 0.3) is 0 Å². The third kappa shape index (κ3) is 4.88. The lowest BCUT2D eigenvalue weighted by atomic mass is 9.86. The molecular weight excluding hydrogens is 387 g/mol. The summed E-state index contributed by atoms with van der Waals surface area (Å²) in [6.45, 7) is 6.14. The number of likely N-dealkylation sites (tertiary alicyclic amines) is 1. The van der Waals surface area contributed by atoms with Crippen LogP contribution in [0.4, 0.5) is 18.0 Å². The van der Waals surface area contributed by atoms with Crippen molar-refractivity contribution in [2.45, 2.75) is 51.3 Å². The summed E-state index contributed by atoms with van der Waals surface area (Å²) in [5, 5.41) is 0. The van der Waals surface area contributed by atoms with E-state index in [1.54, 1.807) is 25.7 Å². The van der Waals surface area contributed by atoms with Crippen LogP contribution < -0.4 is 0 Å². The number of amides is 1. The van der Waals surface area contributed by atoms with Crippen LogP contribution in [0.15, 0.2) is 22.7 Å². The molecule has 24 heavy (non-hydrogen) atoms. The molecule has 0 aromatic heterocycles. The van der Waals surface area contributed by atoms with Crippen molar-refractivity contribution < 1.29 is 22.7 Å². The van der Waals surface area contributed by atoms with Crippen LogP contribution in [0.3, 0.4) is 0 Å². The summed E-state index contributed by atoms with van der Waals surface area (Å²) < 4.78 is 45.6. The first kappa shape index (κ1) is 19.1. The van der Waals surface area contributed by atoms with Crippen LogP contribution in [-0.4, -0.2) is 29.7 Å². The topological polar surface area (TPSA) is 29.5 Å². The summed E-state index contributed by atoms with van der Waals surface area (Å²) >= 11 is 3.25. The van der Waals surface area contributed by atoms with Gasteiger partial charge in [-0.2, -0.15) is 13.2 Å². The lowest BCUT2D eigenvalue weighted by Crippen LogP contribution is -2.41. The molecule has 0 bridgehead atoms. The molecule has 1 saturated heterocycles. The minimum absolute atomic E-state index is 0.224. The molecule has 0 aliphatic carbocycles. The fourth-order valence-corrected chi connectivity index (χ4v) is 3.21. The number of benzene rings is 1. The highest BCUT2D eigenvalue weighted by Crippen LogP contribution is 2.40. The maximum Gasteiger partial charge on any atom is 0.416 e. The van der Waals surface area contributed by atoms with E-state index in [4.69, 9.17) is 4.74 Å². The molecule has 1 amide bonds. The maximum absolute atomic E-state index is 13.2. The average Bonchev–Trinajstić information content (AvgIpc) is 2.44. The second-order valence-corrected chi connectivity index (χ2v) is 7.89. The Labute approximate surface area is 148 Å². The number of ether oxygens (including phenoxy) is 1. The summed E-state index contributed by atoms with van der Waals surface area (Å²) in [4.78, 5) is 13.6. The van der Waals surface area contributed by atoms with E-state index < -0.39 is 23.4 Å². The van der Waals surface area contributed by atoms with Crippen molar-refractivity contribution in [1.29, 1.82) is 0 Å². The fraction of sp³-hybridized carbons (Fsp3) is 0.588. The SMILES string of the molecule is CC(C)(C)OC(=O)N1CCC(c2cc(Br)ccc2C(F)(F)F)CC1. The second kappa shape index (κ2) is 6.94. The predicted molar refractivity (Wildman–Crippen MR) is 88.9 cm³/mol. The van der Waals surface area contributed by atoms with Crippen molar-refractivity contribution in [2.75, 3.05) is 13.1 Å². The Kier molecular flexibility index (Phi) is 5.52. The van der Waals surface area contributed by atoms with Gasteiger partial charge < -0.3 is 9.64 Å². The molecule has 1 aliphatic heterocycles. The van der Waals surface area contributed by atoms with Crippen LogP contribution in [-0.2, 0) is 10.9 Å². The van der Waals surface area contributed by atoms with Gasteiger partial charge in [0, 0.05) is 17.6 Å². The van der Waals surface area contributed by atoms with Crippen LogP contribution in [0.25, 0.3) is 0 Å². The zero-order valence-electron chi connectivity index (χ0n) is 13.9. The number of alkyl halides is 3. The number of carbonyl (C=O) groups excluding carboxylic acids is 1. The zero-order valence-corrected chi connectivity index (χ0v) is 15.5. The fourth-order valence-electron chi connectivity index (χ4n) is 2.83. The Morgan fingerprint density at radius 2 is 1.79 bits per heavy atom. The standard InChI is InChI=1S/C17H21BrF3NO2/c1-16(2,3)24-15(23)22-8-6-11(7-9-22)13-10-12(18)4-5-14(13)17(19,20)21/h4-5,10-11H,6-9H2,1-3H3. The van der Waals surface area contributed by atoms with E-state index in [9.17, 15) is 18.0 Å². The molecule has 1 aliphatic rings. The van der Waals surface area contributed by atoms with E-state index in [-0.39, 0.29) is 5.92 Å². The molecule has 0 saturated carbocycles. The Morgan fingerprint density at radius 3 is 2.29 bits per heavy atom. The molecule has 3 nitrogen and oxygen atoms in total. The highest BCUT2D eigenvalue weighted by atomic mass is 79.9. The lowest BCUT2D eigenvalue weighted by Gasteiger charge is -2.34. The third-order valence-electron chi connectivity index (χ3n) is 3.91. The van der Waals surface area contributed by atoms with Crippen LogP contribution in [0.1, 0.15) is 50.7 Å². The van der Waals surface area contributed by atoms with Crippen LogP contribution >= 0.6 is 15.9 Å². The second-order valence-electron chi connectivity index (χ2n) is 6.97. The quantitative estimate of drug-likeness (QED) is 0.607. The molecule has 1 aromatic carbocycles. The molecule has 0 unspecified atom stereocenters. The molecule has 134 valence electrons. The van der Waals surface area contributed by atoms with E-state index in [1.165, 1.54) is 12.1 Å². The molecule has 0 atom stereocenters. The Balaban J connectivity index is 2.10. The first-order chi connectivity index (χ1) is 11.0. The number of piperidine rings is 1. The maximum atomic E-state index is 13.2. The van der Waals surface area contributed by atoms with Crippen molar-refractivity contribution >= 4 is 22.0 Å². The van der Waals surface area contributed by atoms with Gasteiger partial charge in [-0.25, -0.2) is 4.79 Å². The van der Waals surface area contributed by atoms with Crippen molar-refractivity contribution in [2.24, 2.45) is 0 Å². The van der Waals surface area contributed by atoms with Gasteiger partial charge in [-0.1, -0.05) is 15.9 Å². The summed E-state index contributed by atoms with van der Waals surface area (Å²) in [5.74, 6) is -0.224. The highest BCUT2D eigenvalue weighted by molar-refractivity contribution is 9.10. The Morgan fingerprint density at radius 1 is 1.21 bits per heavy atom. The van der Waals surface area contributed by atoms with E-state index in [0.717, 1.165) is 6.07 Å². The normalized spacial score (nSPS) is 17.0. The Bertz CT molecular complexity index is 603. The number of hydrogen-bond donors (Lipinski definition) is 0. The first-order valence-corrected chi connectivity index (χ1v) is 8.61. The van der Waals surface area contributed by atoms with E-state index in [2.05, 4.69) is 15.9 Å². The van der Waals surface area contributed by atoms with Crippen LogP contribution in [0.5, 0.6) is 0 Å². The van der Waals surface area contributed by atoms with Crippen molar-refractivity contribution in [3.05, 3.63) is 33.8 Å². The van der Waals surface area contributed by atoms with Gasteiger partial charge in [-0.05, 0) is 63.3 Å². The highest BCUT2D eigenvalue weighted by Gasteiger charge is 2.36. The predicted octanol–water partition coefficient (Wildman–Crippen LogP) is 5.58. The molecule has 1 heterocycles. The van der Waals surface area contributed by atoms with Crippen molar-refractivity contribution in [3.8, 4) is 0 Å². The number of carbonyl (C=O) groups is 1. The van der Waals surface area contributed by atoms with Crippen LogP contribution in [0, 0.1) is 0 Å². The number of rotatable bonds is 1. The molecule has 1 fully saturated rings. The van der Waals surface area contributed by atoms with Gasteiger partial charge in [0.05, 0.1) is 5.56 Å². The molecule has 7 heteroatoms.